The fourth-order valence-corrected chi connectivity index (χ4v) is 4.03. The maximum atomic E-state index is 11.4. The lowest BCUT2D eigenvalue weighted by molar-refractivity contribution is -0.117. The summed E-state index contributed by atoms with van der Waals surface area (Å²) in [7, 11) is 0. The number of piperidine rings is 1. The van der Waals surface area contributed by atoms with Crippen LogP contribution in [0, 0.1) is 0 Å². The molecule has 0 atom stereocenters. The highest BCUT2D eigenvalue weighted by Crippen LogP contribution is 2.40. The zero-order chi connectivity index (χ0) is 19.4. The van der Waals surface area contributed by atoms with Crippen molar-refractivity contribution in [3.05, 3.63) is 77.6 Å². The molecule has 2 aromatic carbocycles. The van der Waals surface area contributed by atoms with Crippen molar-refractivity contribution in [2.45, 2.75) is 38.3 Å². The summed E-state index contributed by atoms with van der Waals surface area (Å²) < 4.78 is 0. The smallest absolute Gasteiger partial charge is 0.185 e. The molecule has 1 fully saturated rings. The predicted molar refractivity (Wildman–Crippen MR) is 107 cm³/mol. The summed E-state index contributed by atoms with van der Waals surface area (Å²) in [5, 5.41) is 13.1. The van der Waals surface area contributed by atoms with Crippen LogP contribution in [0.1, 0.15) is 36.7 Å². The van der Waals surface area contributed by atoms with Crippen molar-refractivity contribution in [3.8, 4) is 0 Å². The molecule has 0 radical (unpaired) electrons. The molecule has 0 spiro atoms. The minimum absolute atomic E-state index is 0.0235. The van der Waals surface area contributed by atoms with E-state index in [1.54, 1.807) is 0 Å². The van der Waals surface area contributed by atoms with Gasteiger partial charge in [-0.25, -0.2) is 0 Å². The summed E-state index contributed by atoms with van der Waals surface area (Å²) in [4.78, 5) is 15.3. The number of carbonyl (C=O) groups is 1. The molecule has 0 amide bonds. The van der Waals surface area contributed by atoms with Crippen molar-refractivity contribution in [2.75, 3.05) is 13.1 Å². The lowest BCUT2D eigenvalue weighted by Crippen LogP contribution is -2.43. The Morgan fingerprint density at radius 1 is 1.00 bits per heavy atom. The predicted octanol–water partition coefficient (Wildman–Crippen LogP) is 2.84. The molecule has 28 heavy (non-hydrogen) atoms. The summed E-state index contributed by atoms with van der Waals surface area (Å²) in [6.45, 7) is 4.59. The van der Waals surface area contributed by atoms with Crippen LogP contribution in [-0.4, -0.2) is 44.0 Å². The topological polar surface area (TPSA) is 63.9 Å². The molecule has 0 saturated carbocycles. The number of aromatic nitrogens is 4. The third kappa shape index (κ3) is 3.87. The Morgan fingerprint density at radius 2 is 1.64 bits per heavy atom. The Hall–Kier alpha value is -2.86. The highest BCUT2D eigenvalue weighted by atomic mass is 16.1. The molecular weight excluding hydrogens is 350 g/mol. The Labute approximate surface area is 165 Å². The number of ketones is 1. The zero-order valence-electron chi connectivity index (χ0n) is 16.2. The Morgan fingerprint density at radius 3 is 2.29 bits per heavy atom. The van der Waals surface area contributed by atoms with E-state index in [0.717, 1.165) is 38.3 Å². The van der Waals surface area contributed by atoms with Crippen LogP contribution in [-0.2, 0) is 23.3 Å². The number of nitrogens with zero attached hydrogens (tertiary/aromatic N) is 5. The van der Waals surface area contributed by atoms with Crippen LogP contribution in [0.25, 0.3) is 0 Å². The van der Waals surface area contributed by atoms with Crippen LogP contribution in [0.15, 0.2) is 60.7 Å². The van der Waals surface area contributed by atoms with Gasteiger partial charge in [0.1, 0.15) is 6.54 Å². The van der Waals surface area contributed by atoms with Crippen molar-refractivity contribution >= 4 is 5.78 Å². The third-order valence-corrected chi connectivity index (χ3v) is 5.53. The zero-order valence-corrected chi connectivity index (χ0v) is 16.2. The average Bonchev–Trinajstić information content (AvgIpc) is 3.18. The average molecular weight is 375 g/mol. The molecule has 4 rings (SSSR count). The summed E-state index contributed by atoms with van der Waals surface area (Å²) in [5.41, 5.74) is 2.29. The number of tetrazole rings is 1. The van der Waals surface area contributed by atoms with Gasteiger partial charge >= 0.3 is 0 Å². The molecule has 2 heterocycles. The minimum atomic E-state index is -0.260. The molecule has 1 aliphatic rings. The number of hydrogen-bond donors (Lipinski definition) is 0. The van der Waals surface area contributed by atoms with Gasteiger partial charge in [0.2, 0.25) is 0 Å². The Kier molecular flexibility index (Phi) is 5.30. The van der Waals surface area contributed by atoms with E-state index in [-0.39, 0.29) is 17.7 Å². The Bertz CT molecular complexity index is 914. The lowest BCUT2D eigenvalue weighted by atomic mass is 9.72. The molecule has 1 aliphatic heterocycles. The van der Waals surface area contributed by atoms with Crippen molar-refractivity contribution < 1.29 is 4.79 Å². The van der Waals surface area contributed by atoms with E-state index in [1.165, 1.54) is 22.8 Å². The fourth-order valence-electron chi connectivity index (χ4n) is 4.03. The summed E-state index contributed by atoms with van der Waals surface area (Å²) >= 11 is 0. The minimum Gasteiger partial charge on any atom is -0.299 e. The molecule has 0 aliphatic carbocycles. The van der Waals surface area contributed by atoms with E-state index >= 15 is 0 Å². The van der Waals surface area contributed by atoms with Gasteiger partial charge < -0.3 is 0 Å². The van der Waals surface area contributed by atoms with Crippen molar-refractivity contribution in [3.63, 3.8) is 0 Å². The molecule has 1 aromatic heterocycles. The number of Topliss-reactive ketones (excluding diaryl/α,β-unsaturated/α-hetero) is 1. The number of likely N-dealkylation sites (tertiary alicyclic amines) is 1. The van der Waals surface area contributed by atoms with E-state index in [1.807, 2.05) is 6.07 Å². The van der Waals surface area contributed by atoms with Crippen molar-refractivity contribution in [1.29, 1.82) is 0 Å². The van der Waals surface area contributed by atoms with Crippen LogP contribution < -0.4 is 0 Å². The summed E-state index contributed by atoms with van der Waals surface area (Å²) in [6.07, 6.45) is 1.85. The highest BCUT2D eigenvalue weighted by molar-refractivity contribution is 5.74. The van der Waals surface area contributed by atoms with Crippen LogP contribution >= 0.6 is 0 Å². The second kappa shape index (κ2) is 8.02. The van der Waals surface area contributed by atoms with E-state index < -0.39 is 0 Å². The number of benzene rings is 2. The first-order chi connectivity index (χ1) is 13.7. The first kappa shape index (κ1) is 18.5. The fraction of sp³-hybridized carbons (Fsp3) is 0.364. The third-order valence-electron chi connectivity index (χ3n) is 5.53. The molecule has 0 bridgehead atoms. The monoisotopic (exact) mass is 375 g/mol. The van der Waals surface area contributed by atoms with Gasteiger partial charge in [0.05, 0.1) is 5.41 Å². The van der Waals surface area contributed by atoms with Crippen LogP contribution in [0.3, 0.4) is 0 Å². The van der Waals surface area contributed by atoms with Crippen LogP contribution in [0.5, 0.6) is 0 Å². The Balaban J connectivity index is 1.58. The maximum absolute atomic E-state index is 11.4. The van der Waals surface area contributed by atoms with E-state index in [4.69, 9.17) is 0 Å². The molecule has 6 nitrogen and oxygen atoms in total. The molecule has 3 aromatic rings. The molecular formula is C22H25N5O. The molecule has 0 unspecified atom stereocenters. The van der Waals surface area contributed by atoms with Gasteiger partial charge in [0, 0.05) is 6.54 Å². The number of carbonyl (C=O) groups excluding carboxylic acids is 1. The highest BCUT2D eigenvalue weighted by Gasteiger charge is 2.41. The lowest BCUT2D eigenvalue weighted by Gasteiger charge is -2.40. The molecule has 6 heteroatoms. The van der Waals surface area contributed by atoms with Crippen molar-refractivity contribution in [2.24, 2.45) is 0 Å². The molecule has 144 valence electrons. The summed E-state index contributed by atoms with van der Waals surface area (Å²) in [5.74, 6) is 0.745. The normalized spacial score (nSPS) is 16.8. The van der Waals surface area contributed by atoms with Gasteiger partial charge in [0.25, 0.3) is 0 Å². The maximum Gasteiger partial charge on any atom is 0.185 e. The first-order valence-electron chi connectivity index (χ1n) is 9.75. The molecule has 1 saturated heterocycles. The van der Waals surface area contributed by atoms with Gasteiger partial charge in [-0.15, -0.1) is 10.2 Å². The quantitative estimate of drug-likeness (QED) is 0.663. The summed E-state index contributed by atoms with van der Waals surface area (Å²) in [6, 6.07) is 21.0. The number of rotatable bonds is 6. The van der Waals surface area contributed by atoms with Gasteiger partial charge in [-0.05, 0) is 49.2 Å². The molecule has 0 N–H and O–H groups in total. The SMILES string of the molecule is CC(=O)Cn1nnc(C2(c3ccccc3)CCN(Cc3ccccc3)CC2)n1. The second-order valence-electron chi connectivity index (χ2n) is 7.56. The van der Waals surface area contributed by atoms with E-state index in [9.17, 15) is 4.79 Å². The number of hydrogen-bond acceptors (Lipinski definition) is 5. The standard InChI is InChI=1S/C22H25N5O/c1-18(28)16-27-24-21(23-25-27)22(20-10-6-3-7-11-20)12-14-26(15-13-22)17-19-8-4-2-5-9-19/h2-11H,12-17H2,1H3. The van der Waals surface area contributed by atoms with Crippen LogP contribution in [0.2, 0.25) is 0 Å². The van der Waals surface area contributed by atoms with E-state index in [0.29, 0.717) is 0 Å². The van der Waals surface area contributed by atoms with Crippen molar-refractivity contribution in [1.82, 2.24) is 25.1 Å². The van der Waals surface area contributed by atoms with Gasteiger partial charge in [0.15, 0.2) is 11.6 Å². The second-order valence-corrected chi connectivity index (χ2v) is 7.56. The van der Waals surface area contributed by atoms with Gasteiger partial charge in [-0.3, -0.25) is 9.69 Å². The van der Waals surface area contributed by atoms with Crippen LogP contribution in [0.4, 0.5) is 0 Å². The largest absolute Gasteiger partial charge is 0.299 e. The van der Waals surface area contributed by atoms with Gasteiger partial charge in [-0.1, -0.05) is 60.7 Å². The van der Waals surface area contributed by atoms with Gasteiger partial charge in [-0.2, -0.15) is 4.80 Å². The van der Waals surface area contributed by atoms with E-state index in [2.05, 4.69) is 74.9 Å². The first-order valence-corrected chi connectivity index (χ1v) is 9.75.